The number of aromatic hydroxyl groups is 2. The first-order valence-electron chi connectivity index (χ1n) is 7.96. The lowest BCUT2D eigenvalue weighted by atomic mass is 10.2. The van der Waals surface area contributed by atoms with Crippen LogP contribution in [0, 0.1) is 0 Å². The van der Waals surface area contributed by atoms with Gasteiger partial charge < -0.3 is 20.2 Å². The fourth-order valence-electron chi connectivity index (χ4n) is 2.36. The number of nitrogens with one attached hydrogen (secondary N) is 2. The van der Waals surface area contributed by atoms with Crippen LogP contribution in [0.5, 0.6) is 11.5 Å². The van der Waals surface area contributed by atoms with E-state index < -0.39 is 0 Å². The largest absolute Gasteiger partial charge is 0.505 e. The molecule has 0 fully saturated rings. The monoisotopic (exact) mass is 268 g/mol. The van der Waals surface area contributed by atoms with Gasteiger partial charge in [0.1, 0.15) is 11.4 Å². The molecule has 0 unspecified atom stereocenters. The Hall–Kier alpha value is -2.88. The van der Waals surface area contributed by atoms with Crippen LogP contribution in [0.1, 0.15) is 2.74 Å². The van der Waals surface area contributed by atoms with Gasteiger partial charge in [0.15, 0.2) is 14.3 Å². The Kier molecular flexibility index (Phi) is 1.45. The molecule has 2 aromatic carbocycles. The van der Waals surface area contributed by atoms with Crippen molar-refractivity contribution in [2.45, 2.75) is 0 Å². The molecule has 0 saturated heterocycles. The minimum Gasteiger partial charge on any atom is -0.505 e. The fraction of sp³-hybridized carbons (Fsp3) is 0. The molecular formula is C16H12N2O2. The third-order valence-corrected chi connectivity index (χ3v) is 3.33. The van der Waals surface area contributed by atoms with Gasteiger partial charge in [-0.1, -0.05) is 24.2 Å². The van der Waals surface area contributed by atoms with E-state index in [1.807, 2.05) is 0 Å². The van der Waals surface area contributed by atoms with E-state index in [9.17, 15) is 10.2 Å². The Morgan fingerprint density at radius 1 is 0.800 bits per heavy atom. The Bertz CT molecular complexity index is 1040. The number of aromatic nitrogens is 2. The summed E-state index contributed by atoms with van der Waals surface area (Å²) in [5, 5.41) is 21.7. The second-order valence-electron chi connectivity index (χ2n) is 4.50. The first-order valence-corrected chi connectivity index (χ1v) is 6.07. The van der Waals surface area contributed by atoms with Gasteiger partial charge in [-0.05, 0) is 24.3 Å². The topological polar surface area (TPSA) is 72.0 Å². The number of benzene rings is 2. The van der Waals surface area contributed by atoms with Gasteiger partial charge in [0.25, 0.3) is 0 Å². The van der Waals surface area contributed by atoms with E-state index in [1.54, 1.807) is 0 Å². The fourth-order valence-corrected chi connectivity index (χ4v) is 2.36. The molecular weight excluding hydrogens is 252 g/mol. The maximum Gasteiger partial charge on any atom is 0.167 e. The third-order valence-electron chi connectivity index (χ3n) is 3.33. The highest BCUT2D eigenvalue weighted by Crippen LogP contribution is 2.42. The number of fused-ring (bicyclic) bond motifs is 2. The number of H-pyrrole nitrogens is 2. The van der Waals surface area contributed by atoms with Gasteiger partial charge in [0.2, 0.25) is 0 Å². The van der Waals surface area contributed by atoms with Crippen molar-refractivity contribution in [3.63, 3.8) is 0 Å². The molecule has 4 N–H and O–H groups in total. The minimum atomic E-state index is -0.238. The zero-order chi connectivity index (χ0) is 17.2. The second-order valence-corrected chi connectivity index (χ2v) is 4.50. The molecule has 0 spiro atoms. The molecule has 4 nitrogen and oxygen atoms in total. The van der Waals surface area contributed by atoms with Crippen molar-refractivity contribution in [1.82, 2.24) is 9.95 Å². The average molecular weight is 268 g/mol. The number of para-hydroxylation sites is 2. The maximum absolute atomic E-state index is 10.5. The van der Waals surface area contributed by atoms with Gasteiger partial charge in [0.05, 0.1) is 2.74 Å². The normalized spacial score (nSPS) is 14.2. The van der Waals surface area contributed by atoms with Crippen molar-refractivity contribution in [3.8, 4) is 22.9 Å². The smallest absolute Gasteiger partial charge is 0.167 e. The van der Waals surface area contributed by atoms with Gasteiger partial charge in [0, 0.05) is 21.8 Å². The molecule has 4 aromatic rings. The SMILES string of the molecule is [2H]c1ccc2c(O)c(-c3c(O)c4ccc([2H])cc4n3[2H])n([2H])c2c1. The van der Waals surface area contributed by atoms with Crippen LogP contribution in [0.2, 0.25) is 2.82 Å². The molecule has 0 atom stereocenters. The van der Waals surface area contributed by atoms with Crippen molar-refractivity contribution in [1.29, 1.82) is 0 Å². The maximum atomic E-state index is 10.5. The van der Waals surface area contributed by atoms with Crippen LogP contribution in [-0.4, -0.2) is 20.2 Å². The van der Waals surface area contributed by atoms with Crippen LogP contribution in [0.25, 0.3) is 33.2 Å². The van der Waals surface area contributed by atoms with E-state index in [1.165, 1.54) is 36.4 Å². The molecule has 0 bridgehead atoms. The van der Waals surface area contributed by atoms with Crippen molar-refractivity contribution < 1.29 is 15.8 Å². The zero-order valence-corrected chi connectivity index (χ0v) is 10.3. The van der Waals surface area contributed by atoms with E-state index in [-0.39, 0.29) is 35.0 Å². The van der Waals surface area contributed by atoms with Crippen LogP contribution in [-0.2, 0) is 0 Å². The molecule has 0 saturated carbocycles. The lowest BCUT2D eigenvalue weighted by molar-refractivity contribution is 0.475. The highest BCUT2D eigenvalue weighted by Gasteiger charge is 2.18. The molecule has 2 heterocycles. The summed E-state index contributed by atoms with van der Waals surface area (Å²) in [6.45, 7) is 0. The standard InChI is InChI=1S/C16H12N2O2/c19-15-9-5-1-3-7-11(9)17-13(15)14-16(20)10-6-2-4-8-12(10)18-14/h1-8,17-20H/i3D,4D/hD2. The van der Waals surface area contributed by atoms with Crippen molar-refractivity contribution >= 4 is 21.8 Å². The quantitative estimate of drug-likeness (QED) is 0.425. The number of aromatic amines is 2. The second kappa shape index (κ2) is 3.81. The van der Waals surface area contributed by atoms with E-state index in [0.29, 0.717) is 21.8 Å². The van der Waals surface area contributed by atoms with E-state index in [0.717, 1.165) is 9.95 Å². The lowest BCUT2D eigenvalue weighted by Gasteiger charge is -1.97. The molecule has 4 heteroatoms. The highest BCUT2D eigenvalue weighted by atomic mass is 16.3. The van der Waals surface area contributed by atoms with Crippen molar-refractivity contribution in [2.75, 3.05) is 0 Å². The van der Waals surface area contributed by atoms with Gasteiger partial charge in [-0.15, -0.1) is 0 Å². The number of hydrogen-bond donors (Lipinski definition) is 4. The summed E-state index contributed by atoms with van der Waals surface area (Å²) >= 11 is 0. The Balaban J connectivity index is 2.14. The van der Waals surface area contributed by atoms with Crippen molar-refractivity contribution in [3.05, 3.63) is 48.5 Å². The predicted molar refractivity (Wildman–Crippen MR) is 78.9 cm³/mol. The molecule has 0 aliphatic rings. The summed E-state index contributed by atoms with van der Waals surface area (Å²) in [5.41, 5.74) is 0.540. The number of hydrogen-bond acceptors (Lipinski definition) is 2. The third kappa shape index (κ3) is 1.36. The molecule has 98 valence electrons. The first-order chi connectivity index (χ1) is 11.4. The van der Waals surface area contributed by atoms with Crippen LogP contribution >= 0.6 is 0 Å². The molecule has 20 heavy (non-hydrogen) atoms. The van der Waals surface area contributed by atoms with Gasteiger partial charge in [-0.2, -0.15) is 0 Å². The molecule has 0 aliphatic carbocycles. The summed E-state index contributed by atoms with van der Waals surface area (Å²) in [6.07, 6.45) is 0. The summed E-state index contributed by atoms with van der Waals surface area (Å²) in [6, 6.07) is 9.28. The molecule has 0 aliphatic heterocycles. The van der Waals surface area contributed by atoms with E-state index in [2.05, 4.69) is 0 Å². The molecule has 0 amide bonds. The summed E-state index contributed by atoms with van der Waals surface area (Å²) in [5.74, 6) is -0.476. The van der Waals surface area contributed by atoms with Crippen LogP contribution in [0.3, 0.4) is 0 Å². The molecule has 0 radical (unpaired) electrons. The molecule has 2 aromatic heterocycles. The zero-order valence-electron chi connectivity index (χ0n) is 14.3. The molecule has 4 rings (SSSR count). The Morgan fingerprint density at radius 3 is 1.70 bits per heavy atom. The summed E-state index contributed by atoms with van der Waals surface area (Å²) in [4.78, 5) is 1.81. The highest BCUT2D eigenvalue weighted by molar-refractivity contribution is 5.99. The van der Waals surface area contributed by atoms with Crippen LogP contribution in [0.15, 0.2) is 48.5 Å². The Labute approximate surface area is 120 Å². The lowest BCUT2D eigenvalue weighted by Crippen LogP contribution is -1.78. The Morgan fingerprint density at radius 2 is 1.25 bits per heavy atom. The predicted octanol–water partition coefficient (Wildman–Crippen LogP) is 3.73. The van der Waals surface area contributed by atoms with Crippen LogP contribution in [0.4, 0.5) is 0 Å². The van der Waals surface area contributed by atoms with E-state index >= 15 is 0 Å². The first kappa shape index (κ1) is 7.65. The minimum absolute atomic E-state index is 0.0363. The summed E-state index contributed by atoms with van der Waals surface area (Å²) in [7, 11) is 0. The number of rotatable bonds is 1. The van der Waals surface area contributed by atoms with E-state index in [4.69, 9.17) is 5.57 Å². The van der Waals surface area contributed by atoms with Gasteiger partial charge in [-0.25, -0.2) is 0 Å². The summed E-state index contributed by atoms with van der Waals surface area (Å²) < 4.78 is 31.8. The van der Waals surface area contributed by atoms with Gasteiger partial charge in [-0.3, -0.25) is 0 Å². The van der Waals surface area contributed by atoms with Crippen LogP contribution < -0.4 is 0 Å². The van der Waals surface area contributed by atoms with Gasteiger partial charge >= 0.3 is 0 Å². The van der Waals surface area contributed by atoms with Crippen molar-refractivity contribution in [2.24, 2.45) is 0 Å². The average Bonchev–Trinajstić information content (AvgIpc) is 2.92.